The monoisotopic (exact) mass is 291 g/mol. The van der Waals surface area contributed by atoms with Crippen molar-refractivity contribution in [3.05, 3.63) is 33.0 Å². The molecule has 0 radical (unpaired) electrons. The lowest BCUT2D eigenvalue weighted by Crippen LogP contribution is -2.22. The second-order valence-electron chi connectivity index (χ2n) is 4.22. The van der Waals surface area contributed by atoms with Gasteiger partial charge < -0.3 is 5.73 Å². The molecule has 15 heavy (non-hydrogen) atoms. The zero-order chi connectivity index (χ0) is 11.1. The van der Waals surface area contributed by atoms with E-state index in [0.717, 1.165) is 23.7 Å². The van der Waals surface area contributed by atoms with E-state index in [-0.39, 0.29) is 11.4 Å². The van der Waals surface area contributed by atoms with Gasteiger partial charge in [-0.3, -0.25) is 0 Å². The number of rotatable bonds is 3. The van der Waals surface area contributed by atoms with Crippen LogP contribution >= 0.6 is 27.5 Å². The lowest BCUT2D eigenvalue weighted by molar-refractivity contribution is 0.571. The largest absolute Gasteiger partial charge is 0.325 e. The van der Waals surface area contributed by atoms with Gasteiger partial charge in [0.25, 0.3) is 0 Å². The Labute approximate surface area is 102 Å². The number of aryl methyl sites for hydroxylation is 1. The number of hydrogen-bond acceptors (Lipinski definition) is 1. The molecule has 1 aliphatic carbocycles. The zero-order valence-corrected chi connectivity index (χ0v) is 10.5. The first-order valence-electron chi connectivity index (χ1n) is 4.92. The molecular weight excluding hydrogens is 280 g/mol. The molecule has 1 fully saturated rings. The molecule has 1 saturated carbocycles. The summed E-state index contributed by atoms with van der Waals surface area (Å²) in [5.74, 6) is -0.243. The molecule has 1 nitrogen and oxygen atoms in total. The fourth-order valence-corrected chi connectivity index (χ4v) is 2.09. The number of nitrogens with two attached hydrogens (primary N) is 1. The Balaban J connectivity index is 2.10. The lowest BCUT2D eigenvalue weighted by Gasteiger charge is -2.09. The Kier molecular flexibility index (Phi) is 3.06. The highest BCUT2D eigenvalue weighted by Crippen LogP contribution is 2.37. The summed E-state index contributed by atoms with van der Waals surface area (Å²) >= 11 is 9.06. The molecule has 0 amide bonds. The summed E-state index contributed by atoms with van der Waals surface area (Å²) in [5, 5.41) is 0.408. The summed E-state index contributed by atoms with van der Waals surface area (Å²) in [6.07, 6.45) is 3.64. The van der Waals surface area contributed by atoms with Crippen molar-refractivity contribution in [1.29, 1.82) is 0 Å². The third-order valence-corrected chi connectivity index (χ3v) is 4.07. The van der Waals surface area contributed by atoms with Crippen molar-refractivity contribution >= 4 is 27.5 Å². The number of hydrogen-bond donors (Lipinski definition) is 1. The van der Waals surface area contributed by atoms with Crippen molar-refractivity contribution in [3.8, 4) is 0 Å². The maximum atomic E-state index is 13.5. The van der Waals surface area contributed by atoms with Gasteiger partial charge in [-0.1, -0.05) is 11.6 Å². The van der Waals surface area contributed by atoms with E-state index < -0.39 is 0 Å². The summed E-state index contributed by atoms with van der Waals surface area (Å²) in [5.41, 5.74) is 6.61. The van der Waals surface area contributed by atoms with Crippen LogP contribution in [0.15, 0.2) is 16.6 Å². The van der Waals surface area contributed by atoms with Crippen molar-refractivity contribution in [2.45, 2.75) is 31.2 Å². The van der Waals surface area contributed by atoms with Crippen molar-refractivity contribution in [3.63, 3.8) is 0 Å². The average Bonchev–Trinajstić information content (AvgIpc) is 2.89. The highest BCUT2D eigenvalue weighted by Gasteiger charge is 2.37. The van der Waals surface area contributed by atoms with Crippen LogP contribution in [-0.2, 0) is 6.42 Å². The van der Waals surface area contributed by atoms with Crippen LogP contribution in [0.4, 0.5) is 4.39 Å². The minimum absolute atomic E-state index is 0.0292. The smallest absolute Gasteiger partial charge is 0.127 e. The van der Waals surface area contributed by atoms with Gasteiger partial charge in [-0.05, 0) is 59.3 Å². The standard InChI is InChI=1S/C11H12BrClFN/c12-8-5-7(10(14)6-9(8)13)1-2-11(15)3-4-11/h5-6H,1-4,15H2. The van der Waals surface area contributed by atoms with Gasteiger partial charge in [0.15, 0.2) is 0 Å². The van der Waals surface area contributed by atoms with Crippen molar-refractivity contribution in [1.82, 2.24) is 0 Å². The molecule has 1 aromatic rings. The maximum Gasteiger partial charge on any atom is 0.127 e. The summed E-state index contributed by atoms with van der Waals surface area (Å²) in [4.78, 5) is 0. The molecule has 0 saturated heterocycles. The predicted molar refractivity (Wildman–Crippen MR) is 63.6 cm³/mol. The first-order chi connectivity index (χ1) is 7.00. The van der Waals surface area contributed by atoms with Gasteiger partial charge in [-0.2, -0.15) is 0 Å². The number of benzene rings is 1. The lowest BCUT2D eigenvalue weighted by atomic mass is 10.0. The van der Waals surface area contributed by atoms with Gasteiger partial charge in [-0.25, -0.2) is 4.39 Å². The summed E-state index contributed by atoms with van der Waals surface area (Å²) in [6.45, 7) is 0. The van der Waals surface area contributed by atoms with Crippen molar-refractivity contribution in [2.24, 2.45) is 5.73 Å². The second-order valence-corrected chi connectivity index (χ2v) is 5.48. The molecule has 2 rings (SSSR count). The van der Waals surface area contributed by atoms with Crippen LogP contribution in [0.25, 0.3) is 0 Å². The Morgan fingerprint density at radius 2 is 2.13 bits per heavy atom. The van der Waals surface area contributed by atoms with Crippen molar-refractivity contribution in [2.75, 3.05) is 0 Å². The Hall–Kier alpha value is -0.120. The molecule has 0 unspecified atom stereocenters. The highest BCUT2D eigenvalue weighted by atomic mass is 79.9. The molecule has 82 valence electrons. The average molecular weight is 293 g/mol. The summed E-state index contributed by atoms with van der Waals surface area (Å²) in [7, 11) is 0. The Bertz CT molecular complexity index is 390. The molecule has 0 bridgehead atoms. The van der Waals surface area contributed by atoms with Gasteiger partial charge in [-0.15, -0.1) is 0 Å². The third-order valence-electron chi connectivity index (χ3n) is 2.87. The molecule has 4 heteroatoms. The quantitative estimate of drug-likeness (QED) is 0.845. The van der Waals surface area contributed by atoms with E-state index in [1.807, 2.05) is 0 Å². The normalized spacial score (nSPS) is 17.9. The minimum Gasteiger partial charge on any atom is -0.325 e. The van der Waals surface area contributed by atoms with E-state index in [0.29, 0.717) is 17.0 Å². The molecular formula is C11H12BrClFN. The fourth-order valence-electron chi connectivity index (χ4n) is 1.55. The summed E-state index contributed by atoms with van der Waals surface area (Å²) in [6, 6.07) is 3.08. The van der Waals surface area contributed by atoms with Crippen LogP contribution in [0.3, 0.4) is 0 Å². The van der Waals surface area contributed by atoms with E-state index in [1.54, 1.807) is 6.07 Å². The van der Waals surface area contributed by atoms with Gasteiger partial charge >= 0.3 is 0 Å². The van der Waals surface area contributed by atoms with Crippen LogP contribution < -0.4 is 5.73 Å². The van der Waals surface area contributed by atoms with Gasteiger partial charge in [0.05, 0.1) is 5.02 Å². The topological polar surface area (TPSA) is 26.0 Å². The first kappa shape index (κ1) is 11.4. The first-order valence-corrected chi connectivity index (χ1v) is 6.10. The Morgan fingerprint density at radius 1 is 1.47 bits per heavy atom. The van der Waals surface area contributed by atoms with Crippen LogP contribution in [-0.4, -0.2) is 5.54 Å². The SMILES string of the molecule is NC1(CCc2cc(Br)c(Cl)cc2F)CC1. The molecule has 0 aromatic heterocycles. The molecule has 1 aromatic carbocycles. The van der Waals surface area contributed by atoms with Gasteiger partial charge in [0, 0.05) is 10.0 Å². The Morgan fingerprint density at radius 3 is 2.73 bits per heavy atom. The van der Waals surface area contributed by atoms with E-state index in [1.165, 1.54) is 6.07 Å². The van der Waals surface area contributed by atoms with Crippen LogP contribution in [0.1, 0.15) is 24.8 Å². The van der Waals surface area contributed by atoms with E-state index in [4.69, 9.17) is 17.3 Å². The molecule has 0 atom stereocenters. The van der Waals surface area contributed by atoms with E-state index >= 15 is 0 Å². The third kappa shape index (κ3) is 2.71. The van der Waals surface area contributed by atoms with E-state index in [9.17, 15) is 4.39 Å². The zero-order valence-electron chi connectivity index (χ0n) is 8.19. The second kappa shape index (κ2) is 4.04. The van der Waals surface area contributed by atoms with Crippen LogP contribution in [0.2, 0.25) is 5.02 Å². The minimum atomic E-state index is -0.243. The van der Waals surface area contributed by atoms with Gasteiger partial charge in [0.2, 0.25) is 0 Å². The van der Waals surface area contributed by atoms with Crippen LogP contribution in [0, 0.1) is 5.82 Å². The molecule has 1 aliphatic rings. The predicted octanol–water partition coefficient (Wildman–Crippen LogP) is 3.67. The molecule has 0 aliphatic heterocycles. The van der Waals surface area contributed by atoms with Crippen molar-refractivity contribution < 1.29 is 4.39 Å². The number of halogens is 3. The van der Waals surface area contributed by atoms with Crippen LogP contribution in [0.5, 0.6) is 0 Å². The maximum absolute atomic E-state index is 13.5. The summed E-state index contributed by atoms with van der Waals surface area (Å²) < 4.78 is 14.2. The molecule has 0 spiro atoms. The van der Waals surface area contributed by atoms with E-state index in [2.05, 4.69) is 15.9 Å². The van der Waals surface area contributed by atoms with Gasteiger partial charge in [0.1, 0.15) is 5.82 Å². The molecule has 0 heterocycles. The molecule has 2 N–H and O–H groups in total. The fraction of sp³-hybridized carbons (Fsp3) is 0.455. The highest BCUT2D eigenvalue weighted by molar-refractivity contribution is 9.10.